The van der Waals surface area contributed by atoms with E-state index in [1.807, 2.05) is 17.9 Å². The molecule has 1 aromatic rings. The Labute approximate surface area is 107 Å². The van der Waals surface area contributed by atoms with Gasteiger partial charge in [-0.1, -0.05) is 0 Å². The van der Waals surface area contributed by atoms with E-state index < -0.39 is 0 Å². The van der Waals surface area contributed by atoms with E-state index >= 15 is 0 Å². The Kier molecular flexibility index (Phi) is 3.76. The number of carbonyl (C=O) groups excluding carboxylic acids is 1. The number of amides is 1. The van der Waals surface area contributed by atoms with Gasteiger partial charge >= 0.3 is 0 Å². The van der Waals surface area contributed by atoms with Crippen molar-refractivity contribution in [2.45, 2.75) is 13.0 Å². The van der Waals surface area contributed by atoms with Crippen molar-refractivity contribution in [3.63, 3.8) is 0 Å². The van der Waals surface area contributed by atoms with Gasteiger partial charge in [-0.15, -0.1) is 0 Å². The summed E-state index contributed by atoms with van der Waals surface area (Å²) in [5, 5.41) is 3.25. The van der Waals surface area contributed by atoms with E-state index in [4.69, 9.17) is 0 Å². The number of aryl methyl sites for hydroxylation is 1. The van der Waals surface area contributed by atoms with Gasteiger partial charge in [0.15, 0.2) is 0 Å². The van der Waals surface area contributed by atoms with Crippen molar-refractivity contribution in [2.24, 2.45) is 0 Å². The van der Waals surface area contributed by atoms with E-state index in [9.17, 15) is 4.79 Å². The second-order valence-electron chi connectivity index (χ2n) is 4.66. The number of nitrogens with one attached hydrogen (secondary N) is 1. The summed E-state index contributed by atoms with van der Waals surface area (Å²) in [5.41, 5.74) is 0.912. The summed E-state index contributed by atoms with van der Waals surface area (Å²) in [6.45, 7) is 4.22. The van der Waals surface area contributed by atoms with E-state index in [0.29, 0.717) is 6.54 Å². The smallest absolute Gasteiger partial charge is 0.246 e. The monoisotopic (exact) mass is 249 g/mol. The third-order valence-electron chi connectivity index (χ3n) is 3.05. The molecule has 1 aromatic heterocycles. The zero-order valence-corrected chi connectivity index (χ0v) is 11.1. The molecule has 6 heteroatoms. The SMILES string of the molecule is Cc1cc(N2CCNCC2C(=O)N(C)C)ncn1. The van der Waals surface area contributed by atoms with E-state index in [1.165, 1.54) is 0 Å². The number of aromatic nitrogens is 2. The largest absolute Gasteiger partial charge is 0.347 e. The van der Waals surface area contributed by atoms with Gasteiger partial charge in [-0.2, -0.15) is 0 Å². The molecule has 1 N–H and O–H groups in total. The maximum atomic E-state index is 12.2. The van der Waals surface area contributed by atoms with Crippen molar-refractivity contribution < 1.29 is 4.79 Å². The average molecular weight is 249 g/mol. The van der Waals surface area contributed by atoms with Crippen LogP contribution in [0.4, 0.5) is 5.82 Å². The summed E-state index contributed by atoms with van der Waals surface area (Å²) in [5.74, 6) is 0.919. The number of anilines is 1. The number of likely N-dealkylation sites (N-methyl/N-ethyl adjacent to an activating group) is 1. The normalized spacial score (nSPS) is 19.7. The molecule has 0 aliphatic carbocycles. The predicted molar refractivity (Wildman–Crippen MR) is 69.5 cm³/mol. The Morgan fingerprint density at radius 2 is 2.28 bits per heavy atom. The Morgan fingerprint density at radius 3 is 2.94 bits per heavy atom. The Hall–Kier alpha value is -1.69. The molecule has 1 atom stereocenters. The van der Waals surface area contributed by atoms with Gasteiger partial charge in [0.25, 0.3) is 0 Å². The molecule has 1 fully saturated rings. The highest BCUT2D eigenvalue weighted by atomic mass is 16.2. The quantitative estimate of drug-likeness (QED) is 0.776. The molecule has 1 saturated heterocycles. The van der Waals surface area contributed by atoms with Gasteiger partial charge in [-0.3, -0.25) is 4.79 Å². The summed E-state index contributed by atoms with van der Waals surface area (Å²) in [6, 6.07) is 1.73. The lowest BCUT2D eigenvalue weighted by atomic mass is 10.1. The summed E-state index contributed by atoms with van der Waals surface area (Å²) >= 11 is 0. The van der Waals surface area contributed by atoms with E-state index in [-0.39, 0.29) is 11.9 Å². The van der Waals surface area contributed by atoms with Crippen LogP contribution in [0.25, 0.3) is 0 Å². The first-order chi connectivity index (χ1) is 8.59. The molecule has 1 amide bonds. The summed E-state index contributed by atoms with van der Waals surface area (Å²) < 4.78 is 0. The van der Waals surface area contributed by atoms with Crippen LogP contribution in [0.5, 0.6) is 0 Å². The van der Waals surface area contributed by atoms with Crippen LogP contribution < -0.4 is 10.2 Å². The van der Waals surface area contributed by atoms with Crippen molar-refractivity contribution in [1.82, 2.24) is 20.2 Å². The van der Waals surface area contributed by atoms with Crippen LogP contribution in [0.3, 0.4) is 0 Å². The van der Waals surface area contributed by atoms with Crippen molar-refractivity contribution >= 4 is 11.7 Å². The second-order valence-corrected chi connectivity index (χ2v) is 4.66. The zero-order chi connectivity index (χ0) is 13.1. The van der Waals surface area contributed by atoms with Crippen molar-refractivity contribution in [2.75, 3.05) is 38.6 Å². The Bertz CT molecular complexity index is 434. The number of nitrogens with zero attached hydrogens (tertiary/aromatic N) is 4. The van der Waals surface area contributed by atoms with E-state index in [1.54, 1.807) is 25.3 Å². The first-order valence-corrected chi connectivity index (χ1v) is 6.07. The molecule has 2 rings (SSSR count). The molecule has 0 aromatic carbocycles. The van der Waals surface area contributed by atoms with Crippen LogP contribution >= 0.6 is 0 Å². The molecule has 1 aliphatic rings. The Morgan fingerprint density at radius 1 is 1.50 bits per heavy atom. The van der Waals surface area contributed by atoms with Crippen LogP contribution in [0.1, 0.15) is 5.69 Å². The van der Waals surface area contributed by atoms with Crippen LogP contribution in [-0.4, -0.2) is 60.5 Å². The fourth-order valence-electron chi connectivity index (χ4n) is 2.09. The molecule has 1 unspecified atom stereocenters. The zero-order valence-electron chi connectivity index (χ0n) is 11.1. The van der Waals surface area contributed by atoms with E-state index in [0.717, 1.165) is 24.6 Å². The highest BCUT2D eigenvalue weighted by Crippen LogP contribution is 2.16. The second kappa shape index (κ2) is 5.30. The summed E-state index contributed by atoms with van der Waals surface area (Å²) in [4.78, 5) is 24.2. The lowest BCUT2D eigenvalue weighted by Crippen LogP contribution is -2.58. The molecule has 6 nitrogen and oxygen atoms in total. The van der Waals surface area contributed by atoms with Crippen molar-refractivity contribution in [1.29, 1.82) is 0 Å². The predicted octanol–water partition coefficient (Wildman–Crippen LogP) is -0.349. The molecular formula is C12H19N5O. The molecule has 1 aliphatic heterocycles. The fraction of sp³-hybridized carbons (Fsp3) is 0.583. The van der Waals surface area contributed by atoms with Crippen LogP contribution in [0, 0.1) is 6.92 Å². The lowest BCUT2D eigenvalue weighted by molar-refractivity contribution is -0.130. The number of hydrogen-bond donors (Lipinski definition) is 1. The minimum atomic E-state index is -0.192. The molecular weight excluding hydrogens is 230 g/mol. The van der Waals surface area contributed by atoms with Gasteiger partial charge in [-0.05, 0) is 6.92 Å². The molecule has 0 spiro atoms. The molecule has 18 heavy (non-hydrogen) atoms. The van der Waals surface area contributed by atoms with Crippen LogP contribution in [0.2, 0.25) is 0 Å². The van der Waals surface area contributed by atoms with Crippen LogP contribution in [-0.2, 0) is 4.79 Å². The van der Waals surface area contributed by atoms with Gasteiger partial charge in [0.05, 0.1) is 0 Å². The topological polar surface area (TPSA) is 61.4 Å². The lowest BCUT2D eigenvalue weighted by Gasteiger charge is -2.37. The maximum Gasteiger partial charge on any atom is 0.246 e. The maximum absolute atomic E-state index is 12.2. The number of carbonyl (C=O) groups is 1. The van der Waals surface area contributed by atoms with Crippen molar-refractivity contribution in [3.8, 4) is 0 Å². The van der Waals surface area contributed by atoms with Gasteiger partial charge < -0.3 is 15.1 Å². The average Bonchev–Trinajstić information content (AvgIpc) is 2.38. The Balaban J connectivity index is 2.25. The standard InChI is InChI=1S/C12H19N5O/c1-9-6-11(15-8-14-9)17-5-4-13-7-10(17)12(18)16(2)3/h6,8,10,13H,4-5,7H2,1-3H3. The third kappa shape index (κ3) is 2.59. The van der Waals surface area contributed by atoms with Gasteiger partial charge in [0.1, 0.15) is 18.2 Å². The number of rotatable bonds is 2. The van der Waals surface area contributed by atoms with Gasteiger partial charge in [-0.25, -0.2) is 9.97 Å². The summed E-state index contributed by atoms with van der Waals surface area (Å²) in [6.07, 6.45) is 1.55. The molecule has 2 heterocycles. The number of hydrogen-bond acceptors (Lipinski definition) is 5. The third-order valence-corrected chi connectivity index (χ3v) is 3.05. The highest BCUT2D eigenvalue weighted by molar-refractivity contribution is 5.85. The van der Waals surface area contributed by atoms with E-state index in [2.05, 4.69) is 15.3 Å². The fourth-order valence-corrected chi connectivity index (χ4v) is 2.09. The first-order valence-electron chi connectivity index (χ1n) is 6.07. The number of piperazine rings is 1. The highest BCUT2D eigenvalue weighted by Gasteiger charge is 2.30. The molecule has 0 saturated carbocycles. The van der Waals surface area contributed by atoms with Gasteiger partial charge in [0, 0.05) is 45.5 Å². The van der Waals surface area contributed by atoms with Crippen LogP contribution in [0.15, 0.2) is 12.4 Å². The van der Waals surface area contributed by atoms with Crippen molar-refractivity contribution in [3.05, 3.63) is 18.1 Å². The minimum absolute atomic E-state index is 0.0958. The molecule has 0 bridgehead atoms. The van der Waals surface area contributed by atoms with Gasteiger partial charge in [0.2, 0.25) is 5.91 Å². The molecule has 98 valence electrons. The minimum Gasteiger partial charge on any atom is -0.347 e. The summed E-state index contributed by atoms with van der Waals surface area (Å²) in [7, 11) is 3.56. The first kappa shape index (κ1) is 12.8. The molecule has 0 radical (unpaired) electrons.